The maximum Gasteiger partial charge on any atom is 0.282 e. The smallest absolute Gasteiger partial charge is 0.282 e. The maximum absolute atomic E-state index is 13.1. The van der Waals surface area contributed by atoms with E-state index in [0.29, 0.717) is 19.6 Å². The molecule has 0 saturated carbocycles. The molecule has 0 N–H and O–H groups in total. The Labute approximate surface area is 200 Å². The topological polar surface area (TPSA) is 92.2 Å². The summed E-state index contributed by atoms with van der Waals surface area (Å²) in [5.74, 6) is -0.366. The highest BCUT2D eigenvalue weighted by molar-refractivity contribution is 7.86. The first-order valence-corrected chi connectivity index (χ1v) is 13.0. The van der Waals surface area contributed by atoms with E-state index in [4.69, 9.17) is 4.74 Å². The molecule has 2 unspecified atom stereocenters. The summed E-state index contributed by atoms with van der Waals surface area (Å²) >= 11 is 0. The van der Waals surface area contributed by atoms with Crippen molar-refractivity contribution in [3.8, 4) is 0 Å². The zero-order valence-electron chi connectivity index (χ0n) is 19.9. The zero-order chi connectivity index (χ0) is 24.5. The lowest BCUT2D eigenvalue weighted by Gasteiger charge is -2.40. The van der Waals surface area contributed by atoms with Gasteiger partial charge in [0.1, 0.15) is 5.56 Å². The number of aromatic nitrogens is 1. The number of nitrogens with zero attached hydrogens (tertiary/aromatic N) is 4. The van der Waals surface area contributed by atoms with Crippen LogP contribution in [0.3, 0.4) is 0 Å². The van der Waals surface area contributed by atoms with Gasteiger partial charge in [0, 0.05) is 45.5 Å². The molecule has 0 radical (unpaired) electrons. The minimum atomic E-state index is -3.63. The lowest BCUT2D eigenvalue weighted by molar-refractivity contribution is -0.0457. The molecule has 1 aromatic heterocycles. The van der Waals surface area contributed by atoms with Gasteiger partial charge in [-0.2, -0.15) is 17.0 Å². The third kappa shape index (κ3) is 5.25. The molecule has 2 saturated heterocycles. The zero-order valence-corrected chi connectivity index (χ0v) is 20.7. The molecule has 0 spiro atoms. The fraction of sp³-hybridized carbons (Fsp3) is 0.500. The van der Waals surface area contributed by atoms with E-state index in [-0.39, 0.29) is 55.4 Å². The van der Waals surface area contributed by atoms with Gasteiger partial charge in [-0.05, 0) is 38.5 Å². The summed E-state index contributed by atoms with van der Waals surface area (Å²) in [5.41, 5.74) is 1.84. The molecular weight excluding hydrogens is 456 g/mol. The number of hydrogen-bond donors (Lipinski definition) is 0. The maximum atomic E-state index is 13.1. The van der Waals surface area contributed by atoms with Crippen molar-refractivity contribution in [2.45, 2.75) is 39.5 Å². The molecule has 34 heavy (non-hydrogen) atoms. The first kappa shape index (κ1) is 24.6. The van der Waals surface area contributed by atoms with Crippen molar-refractivity contribution < 1.29 is 17.9 Å². The number of rotatable bonds is 5. The Morgan fingerprint density at radius 1 is 1.00 bits per heavy atom. The number of carbonyl (C=O) groups excluding carboxylic acids is 1. The summed E-state index contributed by atoms with van der Waals surface area (Å²) in [5, 5.41) is 0. The Kier molecular flexibility index (Phi) is 7.22. The fourth-order valence-electron chi connectivity index (χ4n) is 4.61. The number of pyridine rings is 1. The van der Waals surface area contributed by atoms with Crippen LogP contribution in [-0.4, -0.2) is 83.9 Å². The van der Waals surface area contributed by atoms with Crippen molar-refractivity contribution in [1.82, 2.24) is 18.1 Å². The highest BCUT2D eigenvalue weighted by Gasteiger charge is 2.37. The minimum Gasteiger partial charge on any atom is -0.373 e. The normalized spacial score (nSPS) is 22.6. The number of morpholine rings is 1. The Morgan fingerprint density at radius 2 is 1.68 bits per heavy atom. The highest BCUT2D eigenvalue weighted by Crippen LogP contribution is 2.19. The minimum absolute atomic E-state index is 0.0993. The van der Waals surface area contributed by atoms with Crippen LogP contribution in [0, 0.1) is 6.92 Å². The Hall–Kier alpha value is -2.53. The number of aryl methyl sites for hydroxylation is 1. The molecule has 2 aliphatic heterocycles. The lowest BCUT2D eigenvalue weighted by atomic mass is 10.1. The van der Waals surface area contributed by atoms with E-state index in [2.05, 4.69) is 0 Å². The first-order chi connectivity index (χ1) is 16.1. The monoisotopic (exact) mass is 488 g/mol. The van der Waals surface area contributed by atoms with E-state index in [1.807, 2.05) is 45.0 Å². The predicted octanol–water partition coefficient (Wildman–Crippen LogP) is 1.32. The van der Waals surface area contributed by atoms with Gasteiger partial charge in [0.25, 0.3) is 21.7 Å². The molecule has 0 aliphatic carbocycles. The van der Waals surface area contributed by atoms with Gasteiger partial charge in [-0.15, -0.1) is 0 Å². The third-order valence-electron chi connectivity index (χ3n) is 6.25. The molecule has 9 nitrogen and oxygen atoms in total. The Balaban J connectivity index is 1.43. The lowest BCUT2D eigenvalue weighted by Crippen LogP contribution is -2.57. The summed E-state index contributed by atoms with van der Waals surface area (Å²) in [6.45, 7) is 7.58. The van der Waals surface area contributed by atoms with E-state index >= 15 is 0 Å². The number of benzene rings is 1. The van der Waals surface area contributed by atoms with Gasteiger partial charge in [-0.1, -0.05) is 29.8 Å². The van der Waals surface area contributed by atoms with Crippen LogP contribution in [0.4, 0.5) is 0 Å². The summed E-state index contributed by atoms with van der Waals surface area (Å²) in [4.78, 5) is 27.7. The molecule has 1 amide bonds. The van der Waals surface area contributed by atoms with Crippen LogP contribution in [-0.2, 0) is 21.5 Å². The highest BCUT2D eigenvalue weighted by atomic mass is 32.2. The average molecular weight is 489 g/mol. The van der Waals surface area contributed by atoms with Crippen molar-refractivity contribution in [1.29, 1.82) is 0 Å². The number of hydrogen-bond acceptors (Lipinski definition) is 5. The summed E-state index contributed by atoms with van der Waals surface area (Å²) in [6, 6.07) is 11.1. The van der Waals surface area contributed by atoms with E-state index in [1.54, 1.807) is 17.2 Å². The largest absolute Gasteiger partial charge is 0.373 e. The van der Waals surface area contributed by atoms with Crippen LogP contribution in [0.25, 0.3) is 0 Å². The Morgan fingerprint density at radius 3 is 2.32 bits per heavy atom. The third-order valence-corrected chi connectivity index (χ3v) is 8.22. The molecule has 2 fully saturated rings. The van der Waals surface area contributed by atoms with Crippen LogP contribution in [0.1, 0.15) is 35.3 Å². The van der Waals surface area contributed by atoms with Gasteiger partial charge >= 0.3 is 0 Å². The van der Waals surface area contributed by atoms with Crippen LogP contribution < -0.4 is 5.56 Å². The van der Waals surface area contributed by atoms with E-state index in [9.17, 15) is 18.0 Å². The summed E-state index contributed by atoms with van der Waals surface area (Å²) in [6.07, 6.45) is 1.35. The van der Waals surface area contributed by atoms with Crippen molar-refractivity contribution >= 4 is 16.1 Å². The van der Waals surface area contributed by atoms with Crippen LogP contribution in [0.5, 0.6) is 0 Å². The molecule has 1 aromatic carbocycles. The number of piperazine rings is 1. The van der Waals surface area contributed by atoms with Crippen LogP contribution in [0.15, 0.2) is 47.4 Å². The second-order valence-corrected chi connectivity index (χ2v) is 11.0. The molecule has 184 valence electrons. The predicted molar refractivity (Wildman–Crippen MR) is 129 cm³/mol. The van der Waals surface area contributed by atoms with Crippen molar-refractivity contribution in [2.24, 2.45) is 0 Å². The Bertz CT molecular complexity index is 1190. The fourth-order valence-corrected chi connectivity index (χ4v) is 6.35. The molecule has 3 heterocycles. The van der Waals surface area contributed by atoms with Crippen molar-refractivity contribution in [3.05, 3.63) is 69.6 Å². The van der Waals surface area contributed by atoms with Gasteiger partial charge < -0.3 is 14.2 Å². The van der Waals surface area contributed by atoms with E-state index < -0.39 is 10.2 Å². The van der Waals surface area contributed by atoms with E-state index in [0.717, 1.165) is 11.1 Å². The number of ether oxygens (including phenoxy) is 1. The molecule has 2 atom stereocenters. The number of amides is 1. The van der Waals surface area contributed by atoms with Gasteiger partial charge in [-0.3, -0.25) is 9.59 Å². The van der Waals surface area contributed by atoms with Gasteiger partial charge in [0.2, 0.25) is 0 Å². The van der Waals surface area contributed by atoms with Crippen molar-refractivity contribution in [3.63, 3.8) is 0 Å². The molecule has 2 aromatic rings. The molecule has 0 bridgehead atoms. The second kappa shape index (κ2) is 9.99. The summed E-state index contributed by atoms with van der Waals surface area (Å²) in [7, 11) is -3.63. The van der Waals surface area contributed by atoms with Gasteiger partial charge in [0.15, 0.2) is 0 Å². The van der Waals surface area contributed by atoms with Gasteiger partial charge in [-0.25, -0.2) is 0 Å². The number of carbonyl (C=O) groups is 1. The molecule has 4 rings (SSSR count). The SMILES string of the molecule is Cc1cccc(Cn2cccc(C(=O)N3CCN(S(=O)(=O)N4CC(C)OC(C)C4)CC3)c2=O)c1. The van der Waals surface area contributed by atoms with Crippen LogP contribution >= 0.6 is 0 Å². The quantitative estimate of drug-likeness (QED) is 0.633. The van der Waals surface area contributed by atoms with E-state index in [1.165, 1.54) is 19.2 Å². The van der Waals surface area contributed by atoms with Crippen LogP contribution in [0.2, 0.25) is 0 Å². The van der Waals surface area contributed by atoms with Gasteiger partial charge in [0.05, 0.1) is 18.8 Å². The second-order valence-electron chi connectivity index (χ2n) is 9.12. The van der Waals surface area contributed by atoms with Crippen molar-refractivity contribution in [2.75, 3.05) is 39.3 Å². The standard InChI is InChI=1S/C24H32N4O5S/c1-18-6-4-7-21(14-18)17-26-9-5-8-22(24(26)30)23(29)25-10-12-27(13-11-25)34(31,32)28-15-19(2)33-20(3)16-28/h4-9,14,19-20H,10-13,15-17H2,1-3H3. The molecule has 2 aliphatic rings. The molecular formula is C24H32N4O5S. The summed E-state index contributed by atoms with van der Waals surface area (Å²) < 4.78 is 36.3. The molecule has 10 heteroatoms. The average Bonchev–Trinajstić information content (AvgIpc) is 2.79. The first-order valence-electron chi connectivity index (χ1n) is 11.6.